The average Bonchev–Trinajstić information content (AvgIpc) is 3.22. The predicted octanol–water partition coefficient (Wildman–Crippen LogP) is 0.299. The summed E-state index contributed by atoms with van der Waals surface area (Å²) in [5.41, 5.74) is 1.91. The maximum absolute atomic E-state index is 12.6. The molecule has 1 amide bonds. The number of carbonyl (C=O) groups is 1. The fourth-order valence-electron chi connectivity index (χ4n) is 2.93. The molecule has 0 aliphatic carbocycles. The van der Waals surface area contributed by atoms with Crippen LogP contribution >= 0.6 is 0 Å². The third kappa shape index (κ3) is 4.29. The zero-order chi connectivity index (χ0) is 18.7. The number of nitrogens with one attached hydrogen (secondary N) is 3. The van der Waals surface area contributed by atoms with Gasteiger partial charge < -0.3 is 10.6 Å². The van der Waals surface area contributed by atoms with Gasteiger partial charge in [0, 0.05) is 25.2 Å². The highest BCUT2D eigenvalue weighted by Gasteiger charge is 2.20. The molecule has 2 heterocycles. The number of benzene rings is 1. The largest absolute Gasteiger partial charge is 0.348 e. The van der Waals surface area contributed by atoms with Crippen molar-refractivity contribution in [2.75, 3.05) is 13.1 Å². The van der Waals surface area contributed by atoms with Gasteiger partial charge in [-0.05, 0) is 44.2 Å². The van der Waals surface area contributed by atoms with Gasteiger partial charge in [-0.25, -0.2) is 13.1 Å². The molecule has 1 aliphatic heterocycles. The highest BCUT2D eigenvalue weighted by Crippen LogP contribution is 2.13. The van der Waals surface area contributed by atoms with Gasteiger partial charge in [0.25, 0.3) is 5.91 Å². The van der Waals surface area contributed by atoms with Crippen LogP contribution < -0.4 is 15.4 Å². The van der Waals surface area contributed by atoms with Gasteiger partial charge >= 0.3 is 0 Å². The molecule has 9 heteroatoms. The first kappa shape index (κ1) is 18.6. The van der Waals surface area contributed by atoms with E-state index in [0.717, 1.165) is 30.9 Å². The molecule has 2 aromatic rings. The Morgan fingerprint density at radius 1 is 1.38 bits per heavy atom. The van der Waals surface area contributed by atoms with Crippen molar-refractivity contribution in [2.24, 2.45) is 7.05 Å². The van der Waals surface area contributed by atoms with Crippen LogP contribution in [0, 0.1) is 6.92 Å². The van der Waals surface area contributed by atoms with Crippen LogP contribution in [0.25, 0.3) is 0 Å². The molecule has 3 N–H and O–H groups in total. The van der Waals surface area contributed by atoms with E-state index < -0.39 is 10.0 Å². The number of carbonyl (C=O) groups excluding carboxylic acids is 1. The number of rotatable bonds is 6. The smallest absolute Gasteiger partial charge is 0.251 e. The highest BCUT2D eigenvalue weighted by molar-refractivity contribution is 7.89. The summed E-state index contributed by atoms with van der Waals surface area (Å²) in [6.45, 7) is 3.58. The van der Waals surface area contributed by atoms with Crippen LogP contribution in [0.4, 0.5) is 0 Å². The van der Waals surface area contributed by atoms with E-state index in [2.05, 4.69) is 20.5 Å². The molecule has 1 aromatic carbocycles. The Labute approximate surface area is 153 Å². The van der Waals surface area contributed by atoms with Crippen molar-refractivity contribution in [3.63, 3.8) is 0 Å². The lowest BCUT2D eigenvalue weighted by Crippen LogP contribution is -2.36. The molecule has 8 nitrogen and oxygen atoms in total. The second kappa shape index (κ2) is 7.56. The lowest BCUT2D eigenvalue weighted by molar-refractivity contribution is 0.0940. The Morgan fingerprint density at radius 2 is 2.19 bits per heavy atom. The first-order chi connectivity index (χ1) is 12.3. The number of hydrogen-bond acceptors (Lipinski definition) is 5. The minimum atomic E-state index is -3.73. The SMILES string of the molecule is Cc1cc(CNS(=O)(=O)c2cccc(C(=O)N[C@@H]3CCNC3)c2)n(C)n1. The molecule has 3 rings (SSSR count). The van der Waals surface area contributed by atoms with E-state index in [1.165, 1.54) is 12.1 Å². The molecule has 0 bridgehead atoms. The summed E-state index contributed by atoms with van der Waals surface area (Å²) < 4.78 is 29.3. The lowest BCUT2D eigenvalue weighted by Gasteiger charge is -2.12. The molecule has 1 aliphatic rings. The number of sulfonamides is 1. The molecule has 0 unspecified atom stereocenters. The summed E-state index contributed by atoms with van der Waals surface area (Å²) in [5.74, 6) is -0.266. The van der Waals surface area contributed by atoms with Gasteiger partial charge in [0.05, 0.1) is 22.8 Å². The van der Waals surface area contributed by atoms with Crippen molar-refractivity contribution >= 4 is 15.9 Å². The minimum Gasteiger partial charge on any atom is -0.348 e. The Hall–Kier alpha value is -2.23. The monoisotopic (exact) mass is 377 g/mol. The van der Waals surface area contributed by atoms with E-state index >= 15 is 0 Å². The summed E-state index contributed by atoms with van der Waals surface area (Å²) in [6.07, 6.45) is 0.870. The van der Waals surface area contributed by atoms with Crippen molar-refractivity contribution in [3.05, 3.63) is 47.3 Å². The van der Waals surface area contributed by atoms with Gasteiger partial charge in [-0.3, -0.25) is 9.48 Å². The number of amides is 1. The fourth-order valence-corrected chi connectivity index (χ4v) is 3.98. The summed E-state index contributed by atoms with van der Waals surface area (Å²) >= 11 is 0. The van der Waals surface area contributed by atoms with Crippen LogP contribution in [0.3, 0.4) is 0 Å². The molecule has 0 spiro atoms. The minimum absolute atomic E-state index is 0.0635. The summed E-state index contributed by atoms with van der Waals surface area (Å²) in [5, 5.41) is 10.3. The van der Waals surface area contributed by atoms with E-state index in [4.69, 9.17) is 0 Å². The molecule has 26 heavy (non-hydrogen) atoms. The van der Waals surface area contributed by atoms with Crippen LogP contribution in [0.2, 0.25) is 0 Å². The first-order valence-corrected chi connectivity index (χ1v) is 9.94. The fraction of sp³-hybridized carbons (Fsp3) is 0.412. The molecule has 0 radical (unpaired) electrons. The van der Waals surface area contributed by atoms with Gasteiger partial charge in [-0.1, -0.05) is 6.07 Å². The quantitative estimate of drug-likeness (QED) is 0.671. The van der Waals surface area contributed by atoms with Crippen LogP contribution in [-0.2, 0) is 23.6 Å². The lowest BCUT2D eigenvalue weighted by atomic mass is 10.2. The van der Waals surface area contributed by atoms with Gasteiger partial charge in [0.1, 0.15) is 0 Å². The van der Waals surface area contributed by atoms with Crippen LogP contribution in [-0.4, -0.2) is 43.2 Å². The van der Waals surface area contributed by atoms with Gasteiger partial charge in [0.2, 0.25) is 10.0 Å². The summed E-state index contributed by atoms with van der Waals surface area (Å²) in [6, 6.07) is 7.96. The Bertz CT molecular complexity index is 901. The summed E-state index contributed by atoms with van der Waals surface area (Å²) in [4.78, 5) is 12.4. The number of aryl methyl sites for hydroxylation is 2. The van der Waals surface area contributed by atoms with E-state index in [-0.39, 0.29) is 23.4 Å². The molecular formula is C17H23N5O3S. The normalized spacial score (nSPS) is 17.4. The van der Waals surface area contributed by atoms with E-state index in [9.17, 15) is 13.2 Å². The Morgan fingerprint density at radius 3 is 2.85 bits per heavy atom. The molecule has 0 saturated carbocycles. The second-order valence-electron chi connectivity index (χ2n) is 6.42. The van der Waals surface area contributed by atoms with E-state index in [1.54, 1.807) is 23.9 Å². The highest BCUT2D eigenvalue weighted by atomic mass is 32.2. The maximum atomic E-state index is 12.6. The molecular weight excluding hydrogens is 354 g/mol. The molecule has 1 saturated heterocycles. The van der Waals surface area contributed by atoms with E-state index in [1.807, 2.05) is 13.0 Å². The third-order valence-corrected chi connectivity index (χ3v) is 5.74. The topological polar surface area (TPSA) is 105 Å². The zero-order valence-corrected chi connectivity index (χ0v) is 15.6. The van der Waals surface area contributed by atoms with Crippen LogP contribution in [0.15, 0.2) is 35.2 Å². The van der Waals surface area contributed by atoms with Crippen LogP contribution in [0.1, 0.15) is 28.2 Å². The van der Waals surface area contributed by atoms with Crippen LogP contribution in [0.5, 0.6) is 0 Å². The third-order valence-electron chi connectivity index (χ3n) is 4.34. The number of aromatic nitrogens is 2. The van der Waals surface area contributed by atoms with Crippen molar-refractivity contribution in [1.29, 1.82) is 0 Å². The van der Waals surface area contributed by atoms with Crippen molar-refractivity contribution in [1.82, 2.24) is 25.1 Å². The maximum Gasteiger partial charge on any atom is 0.251 e. The molecule has 1 fully saturated rings. The first-order valence-electron chi connectivity index (χ1n) is 8.46. The summed E-state index contributed by atoms with van der Waals surface area (Å²) in [7, 11) is -1.97. The molecule has 1 aromatic heterocycles. The molecule has 140 valence electrons. The Kier molecular flexibility index (Phi) is 5.40. The number of nitrogens with zero attached hydrogens (tertiary/aromatic N) is 2. The van der Waals surface area contributed by atoms with Gasteiger partial charge in [-0.15, -0.1) is 0 Å². The molecule has 1 atom stereocenters. The van der Waals surface area contributed by atoms with Crippen molar-refractivity contribution in [3.8, 4) is 0 Å². The van der Waals surface area contributed by atoms with Crippen molar-refractivity contribution < 1.29 is 13.2 Å². The average molecular weight is 377 g/mol. The zero-order valence-electron chi connectivity index (χ0n) is 14.8. The number of hydrogen-bond donors (Lipinski definition) is 3. The van der Waals surface area contributed by atoms with Crippen molar-refractivity contribution in [2.45, 2.75) is 30.8 Å². The van der Waals surface area contributed by atoms with Gasteiger partial charge in [-0.2, -0.15) is 5.10 Å². The standard InChI is InChI=1S/C17H23N5O3S/c1-12-8-15(22(2)21-12)11-19-26(24,25)16-5-3-4-13(9-16)17(23)20-14-6-7-18-10-14/h3-5,8-9,14,18-19H,6-7,10-11H2,1-2H3,(H,20,23)/t14-/m1/s1. The Balaban J connectivity index is 1.71. The predicted molar refractivity (Wildman–Crippen MR) is 97.2 cm³/mol. The van der Waals surface area contributed by atoms with E-state index in [0.29, 0.717) is 5.56 Å². The van der Waals surface area contributed by atoms with Gasteiger partial charge in [0.15, 0.2) is 0 Å². The second-order valence-corrected chi connectivity index (χ2v) is 8.18.